The molecule has 90 valence electrons. The molecule has 0 amide bonds. The average Bonchev–Trinajstić information content (AvgIpc) is 2.69. The molecule has 1 fully saturated rings. The van der Waals surface area contributed by atoms with E-state index in [1.54, 1.807) is 11.3 Å². The van der Waals surface area contributed by atoms with Gasteiger partial charge in [0.2, 0.25) is 0 Å². The van der Waals surface area contributed by atoms with Crippen molar-refractivity contribution in [3.05, 3.63) is 22.4 Å². The molecule has 1 aromatic rings. The molecule has 0 aromatic carbocycles. The third-order valence-corrected chi connectivity index (χ3v) is 4.45. The maximum Gasteiger partial charge on any atom is 0.0609 e. The maximum absolute atomic E-state index is 10.3. The van der Waals surface area contributed by atoms with Crippen LogP contribution in [0.3, 0.4) is 0 Å². The summed E-state index contributed by atoms with van der Waals surface area (Å²) in [5, 5.41) is 14.5. The zero-order chi connectivity index (χ0) is 11.2. The molecular formula is C14H22OS. The van der Waals surface area contributed by atoms with Gasteiger partial charge >= 0.3 is 0 Å². The molecule has 16 heavy (non-hydrogen) atoms. The molecule has 0 bridgehead atoms. The van der Waals surface area contributed by atoms with Crippen LogP contribution in [0.4, 0.5) is 0 Å². The Morgan fingerprint density at radius 2 is 1.88 bits per heavy atom. The van der Waals surface area contributed by atoms with E-state index in [1.807, 2.05) is 0 Å². The van der Waals surface area contributed by atoms with Gasteiger partial charge in [0.05, 0.1) is 6.10 Å². The molecule has 2 heteroatoms. The fourth-order valence-corrected chi connectivity index (χ4v) is 3.37. The number of hydrogen-bond acceptors (Lipinski definition) is 2. The fraction of sp³-hybridized carbons (Fsp3) is 0.714. The number of hydrogen-bond donors (Lipinski definition) is 1. The summed E-state index contributed by atoms with van der Waals surface area (Å²) >= 11 is 1.72. The van der Waals surface area contributed by atoms with Crippen molar-refractivity contribution in [3.63, 3.8) is 0 Å². The lowest BCUT2D eigenvalue weighted by atomic mass is 9.85. The highest BCUT2D eigenvalue weighted by molar-refractivity contribution is 7.07. The quantitative estimate of drug-likeness (QED) is 0.843. The molecular weight excluding hydrogens is 216 g/mol. The number of thiophene rings is 1. The Bertz CT molecular complexity index is 273. The smallest absolute Gasteiger partial charge is 0.0609 e. The fourth-order valence-electron chi connectivity index (χ4n) is 2.69. The molecule has 1 aromatic heterocycles. The summed E-state index contributed by atoms with van der Waals surface area (Å²) in [5.41, 5.74) is 1.31. The van der Waals surface area contributed by atoms with Gasteiger partial charge in [-0.2, -0.15) is 11.3 Å². The zero-order valence-corrected chi connectivity index (χ0v) is 10.7. The van der Waals surface area contributed by atoms with E-state index in [-0.39, 0.29) is 6.10 Å². The molecule has 1 atom stereocenters. The minimum absolute atomic E-state index is 0.118. The van der Waals surface area contributed by atoms with Crippen molar-refractivity contribution in [3.8, 4) is 0 Å². The molecule has 1 aliphatic carbocycles. The van der Waals surface area contributed by atoms with Gasteiger partial charge in [0.25, 0.3) is 0 Å². The number of aliphatic hydroxyl groups is 1. The topological polar surface area (TPSA) is 20.2 Å². The minimum atomic E-state index is -0.118. The summed E-state index contributed by atoms with van der Waals surface area (Å²) in [6.45, 7) is 0. The molecule has 1 aliphatic rings. The second-order valence-corrected chi connectivity index (χ2v) is 5.79. The van der Waals surface area contributed by atoms with E-state index in [9.17, 15) is 5.11 Å². The van der Waals surface area contributed by atoms with Gasteiger partial charge in [0.15, 0.2) is 0 Å². The van der Waals surface area contributed by atoms with Crippen LogP contribution in [-0.2, 0) is 6.42 Å². The van der Waals surface area contributed by atoms with Gasteiger partial charge in [-0.25, -0.2) is 0 Å². The summed E-state index contributed by atoms with van der Waals surface area (Å²) in [7, 11) is 0. The molecule has 1 saturated carbocycles. The first-order valence-electron chi connectivity index (χ1n) is 6.55. The number of rotatable bonds is 3. The van der Waals surface area contributed by atoms with E-state index in [2.05, 4.69) is 16.8 Å². The highest BCUT2D eigenvalue weighted by Gasteiger charge is 2.20. The van der Waals surface area contributed by atoms with E-state index in [0.29, 0.717) is 5.92 Å². The average molecular weight is 238 g/mol. The maximum atomic E-state index is 10.3. The molecule has 1 N–H and O–H groups in total. The molecule has 0 aliphatic heterocycles. The Morgan fingerprint density at radius 1 is 1.19 bits per heavy atom. The Kier molecular flexibility index (Phi) is 4.86. The van der Waals surface area contributed by atoms with Crippen LogP contribution in [0.25, 0.3) is 0 Å². The highest BCUT2D eigenvalue weighted by atomic mass is 32.1. The first kappa shape index (κ1) is 12.1. The van der Waals surface area contributed by atoms with Gasteiger partial charge in [-0.05, 0) is 47.6 Å². The predicted octanol–water partition coefficient (Wildman–Crippen LogP) is 4.01. The summed E-state index contributed by atoms with van der Waals surface area (Å²) < 4.78 is 0. The predicted molar refractivity (Wildman–Crippen MR) is 69.8 cm³/mol. The van der Waals surface area contributed by atoms with Crippen LogP contribution in [0, 0.1) is 5.92 Å². The lowest BCUT2D eigenvalue weighted by molar-refractivity contribution is 0.0914. The van der Waals surface area contributed by atoms with Crippen LogP contribution in [-0.4, -0.2) is 11.2 Å². The third-order valence-electron chi connectivity index (χ3n) is 3.72. The van der Waals surface area contributed by atoms with Crippen molar-refractivity contribution in [2.45, 2.75) is 57.5 Å². The van der Waals surface area contributed by atoms with Crippen molar-refractivity contribution >= 4 is 11.3 Å². The Labute approximate surface area is 103 Å². The van der Waals surface area contributed by atoms with E-state index in [1.165, 1.54) is 50.5 Å². The van der Waals surface area contributed by atoms with Crippen LogP contribution in [0.2, 0.25) is 0 Å². The van der Waals surface area contributed by atoms with Gasteiger partial charge < -0.3 is 5.11 Å². The van der Waals surface area contributed by atoms with Crippen LogP contribution < -0.4 is 0 Å². The monoisotopic (exact) mass is 238 g/mol. The van der Waals surface area contributed by atoms with Crippen LogP contribution >= 0.6 is 11.3 Å². The van der Waals surface area contributed by atoms with Crippen molar-refractivity contribution in [2.24, 2.45) is 5.92 Å². The largest absolute Gasteiger partial charge is 0.392 e. The Balaban J connectivity index is 1.84. The van der Waals surface area contributed by atoms with Crippen LogP contribution in [0.15, 0.2) is 16.8 Å². The van der Waals surface area contributed by atoms with Gasteiger partial charge in [-0.3, -0.25) is 0 Å². The second-order valence-electron chi connectivity index (χ2n) is 5.01. The van der Waals surface area contributed by atoms with E-state index < -0.39 is 0 Å². The first-order valence-corrected chi connectivity index (χ1v) is 7.49. The lowest BCUT2D eigenvalue weighted by Gasteiger charge is -2.24. The van der Waals surface area contributed by atoms with E-state index in [4.69, 9.17) is 0 Å². The summed E-state index contributed by atoms with van der Waals surface area (Å²) in [6.07, 6.45) is 9.94. The third kappa shape index (κ3) is 3.60. The van der Waals surface area contributed by atoms with Gasteiger partial charge in [0.1, 0.15) is 0 Å². The van der Waals surface area contributed by atoms with Crippen LogP contribution in [0.5, 0.6) is 0 Å². The zero-order valence-electron chi connectivity index (χ0n) is 9.90. The Morgan fingerprint density at radius 3 is 2.50 bits per heavy atom. The van der Waals surface area contributed by atoms with Gasteiger partial charge in [-0.1, -0.05) is 32.1 Å². The van der Waals surface area contributed by atoms with E-state index in [0.717, 1.165) is 6.42 Å². The SMILES string of the molecule is OC(Cc1ccsc1)C1CCCCCCC1. The van der Waals surface area contributed by atoms with Gasteiger partial charge in [-0.15, -0.1) is 0 Å². The highest BCUT2D eigenvalue weighted by Crippen LogP contribution is 2.26. The molecule has 2 rings (SSSR count). The normalized spacial score (nSPS) is 21.3. The number of aliphatic hydroxyl groups excluding tert-OH is 1. The Hall–Kier alpha value is -0.340. The van der Waals surface area contributed by atoms with Crippen molar-refractivity contribution in [1.29, 1.82) is 0 Å². The lowest BCUT2D eigenvalue weighted by Crippen LogP contribution is -2.23. The van der Waals surface area contributed by atoms with Crippen molar-refractivity contribution in [1.82, 2.24) is 0 Å². The van der Waals surface area contributed by atoms with Crippen molar-refractivity contribution in [2.75, 3.05) is 0 Å². The molecule has 1 heterocycles. The summed E-state index contributed by atoms with van der Waals surface area (Å²) in [4.78, 5) is 0. The first-order chi connectivity index (χ1) is 7.86. The molecule has 0 saturated heterocycles. The second kappa shape index (κ2) is 6.41. The minimum Gasteiger partial charge on any atom is -0.392 e. The van der Waals surface area contributed by atoms with E-state index >= 15 is 0 Å². The summed E-state index contributed by atoms with van der Waals surface area (Å²) in [5.74, 6) is 0.542. The molecule has 1 unspecified atom stereocenters. The summed E-state index contributed by atoms with van der Waals surface area (Å²) in [6, 6.07) is 2.14. The molecule has 0 spiro atoms. The van der Waals surface area contributed by atoms with Crippen LogP contribution in [0.1, 0.15) is 50.5 Å². The van der Waals surface area contributed by atoms with Crippen molar-refractivity contribution < 1.29 is 5.11 Å². The molecule has 1 nitrogen and oxygen atoms in total. The van der Waals surface area contributed by atoms with Gasteiger partial charge in [0, 0.05) is 0 Å². The standard InChI is InChI=1S/C14H22OS/c15-14(10-12-8-9-16-11-12)13-6-4-2-1-3-5-7-13/h8-9,11,13-15H,1-7,10H2. The molecule has 0 radical (unpaired) electrons.